The molecule has 0 saturated heterocycles. The quantitative estimate of drug-likeness (QED) is 0.423. The van der Waals surface area contributed by atoms with Gasteiger partial charge in [-0.3, -0.25) is 4.79 Å². The fraction of sp³-hybridized carbons (Fsp3) is 0.500. The Kier molecular flexibility index (Phi) is 24.8. The molecule has 0 aliphatic carbocycles. The molecule has 0 aliphatic heterocycles. The van der Waals surface area contributed by atoms with Crippen LogP contribution in [-0.4, -0.2) is 28.4 Å². The molecule has 0 aromatic carbocycles. The maximum absolute atomic E-state index is 9.00. The fourth-order valence-electron chi connectivity index (χ4n) is 0. The van der Waals surface area contributed by atoms with Gasteiger partial charge in [-0.15, -0.1) is 0 Å². The maximum Gasteiger partial charge on any atom is 3.00 e. The van der Waals surface area contributed by atoms with Gasteiger partial charge in [0.25, 0.3) is 5.97 Å². The normalized spacial score (nSPS) is 4.17. The van der Waals surface area contributed by atoms with Gasteiger partial charge < -0.3 is 10.6 Å². The van der Waals surface area contributed by atoms with Gasteiger partial charge in [0.05, 0.1) is 0 Å². The minimum absolute atomic E-state index is 0. The van der Waals surface area contributed by atoms with Crippen LogP contribution in [0.3, 0.4) is 0 Å². The number of aliphatic carboxylic acids is 1. The Labute approximate surface area is 46.4 Å². The topological polar surface area (TPSA) is 65.8 Å². The predicted molar refractivity (Wildman–Crippen MR) is 19.8 cm³/mol. The van der Waals surface area contributed by atoms with Crippen molar-refractivity contribution in [2.45, 2.75) is 6.92 Å². The van der Waals surface area contributed by atoms with E-state index in [1.165, 1.54) is 0 Å². The summed E-state index contributed by atoms with van der Waals surface area (Å²) in [6.45, 7) is 1.08. The average Bonchev–Trinajstić information content (AvgIpc) is 0.811. The molecule has 0 fully saturated rings. The molecule has 0 radical (unpaired) electrons. The molecule has 1 N–H and O–H groups in total. The number of carboxylic acids is 1. The zero-order chi connectivity index (χ0) is 3.58. The molecule has 3 nitrogen and oxygen atoms in total. The zero-order valence-electron chi connectivity index (χ0n) is 3.34. The van der Waals surface area contributed by atoms with E-state index in [1.54, 1.807) is 0 Å². The first-order valence-corrected chi connectivity index (χ1v) is 0.928. The smallest absolute Gasteiger partial charge is 2.00 e. The van der Waals surface area contributed by atoms with Crippen molar-refractivity contribution in [3.63, 3.8) is 0 Å². The fourth-order valence-corrected chi connectivity index (χ4v) is 0. The van der Waals surface area contributed by atoms with E-state index in [9.17, 15) is 0 Å². The van der Waals surface area contributed by atoms with Crippen LogP contribution in [0.15, 0.2) is 0 Å². The third-order valence-corrected chi connectivity index (χ3v) is 0. The van der Waals surface area contributed by atoms with Gasteiger partial charge in [0, 0.05) is 6.92 Å². The summed E-state index contributed by atoms with van der Waals surface area (Å²) in [5.74, 6) is -0.833. The molecule has 0 atom stereocenters. The number of hydrogen-bond acceptors (Lipinski definition) is 1. The molecule has 0 bridgehead atoms. The van der Waals surface area contributed by atoms with Crippen molar-refractivity contribution >= 4 is 23.3 Å². The van der Waals surface area contributed by atoms with Gasteiger partial charge in [-0.05, 0) is 0 Å². The summed E-state index contributed by atoms with van der Waals surface area (Å²) in [6.07, 6.45) is 0. The van der Waals surface area contributed by atoms with E-state index >= 15 is 0 Å². The SMILES string of the molecule is CC(=O)O.[Al+3].[O-2]. The Hall–Kier alpha value is -0.0375. The largest absolute Gasteiger partial charge is 3.00 e. The van der Waals surface area contributed by atoms with Gasteiger partial charge in [-0.2, -0.15) is 0 Å². The molecule has 0 aromatic rings. The van der Waals surface area contributed by atoms with Gasteiger partial charge in [-0.1, -0.05) is 0 Å². The summed E-state index contributed by atoms with van der Waals surface area (Å²) in [6, 6.07) is 0. The Bertz CT molecular complexity index is 31.8. The number of carboxylic acid groups (broad SMARTS) is 1. The van der Waals surface area contributed by atoms with Crippen LogP contribution >= 0.6 is 0 Å². The molecule has 4 heteroatoms. The third kappa shape index (κ3) is 24700. The van der Waals surface area contributed by atoms with Crippen LogP contribution in [0, 0.1) is 0 Å². The van der Waals surface area contributed by atoms with E-state index in [0.29, 0.717) is 0 Å². The summed E-state index contributed by atoms with van der Waals surface area (Å²) < 4.78 is 0. The van der Waals surface area contributed by atoms with Crippen LogP contribution in [0.2, 0.25) is 0 Å². The van der Waals surface area contributed by atoms with E-state index in [1.807, 2.05) is 0 Å². The van der Waals surface area contributed by atoms with Gasteiger partial charge in [-0.25, -0.2) is 0 Å². The number of rotatable bonds is 0. The van der Waals surface area contributed by atoms with Crippen molar-refractivity contribution in [3.8, 4) is 0 Å². The van der Waals surface area contributed by atoms with Crippen molar-refractivity contribution in [2.75, 3.05) is 0 Å². The number of carbonyl (C=O) groups is 1. The second-order valence-electron chi connectivity index (χ2n) is 0.519. The van der Waals surface area contributed by atoms with Crippen LogP contribution in [0.4, 0.5) is 0 Å². The van der Waals surface area contributed by atoms with Crippen LogP contribution in [0.25, 0.3) is 0 Å². The van der Waals surface area contributed by atoms with E-state index in [4.69, 9.17) is 9.90 Å². The summed E-state index contributed by atoms with van der Waals surface area (Å²) in [5, 5.41) is 7.42. The monoisotopic (exact) mass is 103 g/mol. The molecule has 0 unspecified atom stereocenters. The second kappa shape index (κ2) is 8.88. The van der Waals surface area contributed by atoms with Gasteiger partial charge >= 0.3 is 17.4 Å². The summed E-state index contributed by atoms with van der Waals surface area (Å²) in [4.78, 5) is 9.00. The van der Waals surface area contributed by atoms with Gasteiger partial charge in [0.2, 0.25) is 0 Å². The van der Waals surface area contributed by atoms with Crippen molar-refractivity contribution in [1.29, 1.82) is 0 Å². The Balaban J connectivity index is -0.0000000450. The maximum atomic E-state index is 9.00. The first-order chi connectivity index (χ1) is 1.73. The van der Waals surface area contributed by atoms with E-state index in [0.717, 1.165) is 6.92 Å². The van der Waals surface area contributed by atoms with Crippen molar-refractivity contribution in [1.82, 2.24) is 0 Å². The van der Waals surface area contributed by atoms with Crippen molar-refractivity contribution in [2.24, 2.45) is 0 Å². The molecule has 0 rings (SSSR count). The molecule has 0 saturated carbocycles. The molecule has 0 aliphatic rings. The van der Waals surface area contributed by atoms with Crippen LogP contribution in [0.5, 0.6) is 0 Å². The van der Waals surface area contributed by atoms with Gasteiger partial charge in [0.15, 0.2) is 0 Å². The van der Waals surface area contributed by atoms with Crippen LogP contribution < -0.4 is 0 Å². The van der Waals surface area contributed by atoms with E-state index in [-0.39, 0.29) is 22.8 Å². The van der Waals surface area contributed by atoms with E-state index < -0.39 is 5.97 Å². The third-order valence-electron chi connectivity index (χ3n) is 0. The molecule has 0 heterocycles. The first-order valence-electron chi connectivity index (χ1n) is 0.928. The summed E-state index contributed by atoms with van der Waals surface area (Å²) in [7, 11) is 0. The second-order valence-corrected chi connectivity index (χ2v) is 0.519. The summed E-state index contributed by atoms with van der Waals surface area (Å²) >= 11 is 0. The van der Waals surface area contributed by atoms with Crippen LogP contribution in [0.1, 0.15) is 6.92 Å². The predicted octanol–water partition coefficient (Wildman–Crippen LogP) is -0.409. The molecule has 32 valence electrons. The van der Waals surface area contributed by atoms with E-state index in [2.05, 4.69) is 0 Å². The molecule has 0 amide bonds. The first kappa shape index (κ1) is 16.7. The molecular formula is C2H4AlO3+. The van der Waals surface area contributed by atoms with Crippen molar-refractivity contribution < 1.29 is 15.4 Å². The summed E-state index contributed by atoms with van der Waals surface area (Å²) in [5.41, 5.74) is 0. The molecule has 0 aromatic heterocycles. The molecular weight excluding hydrogens is 99.0 g/mol. The number of hydrogen-bond donors (Lipinski definition) is 1. The Morgan fingerprint density at radius 3 is 1.67 bits per heavy atom. The minimum atomic E-state index is -0.833. The zero-order valence-corrected chi connectivity index (χ0v) is 4.50. The van der Waals surface area contributed by atoms with Gasteiger partial charge in [0.1, 0.15) is 0 Å². The Morgan fingerprint density at radius 2 is 1.67 bits per heavy atom. The standard InChI is InChI=1S/C2H4O2.Al.O/c1-2(3)4;;/h1H3,(H,3,4);;/q;+3;-2. The minimum Gasteiger partial charge on any atom is -2.00 e. The Morgan fingerprint density at radius 1 is 1.67 bits per heavy atom. The molecule has 0 spiro atoms. The van der Waals surface area contributed by atoms with Crippen molar-refractivity contribution in [3.05, 3.63) is 0 Å². The average molecular weight is 103 g/mol. The van der Waals surface area contributed by atoms with Crippen LogP contribution in [-0.2, 0) is 10.3 Å². The molecule has 6 heavy (non-hydrogen) atoms.